The van der Waals surface area contributed by atoms with Gasteiger partial charge in [-0.3, -0.25) is 4.79 Å². The molecule has 0 aromatic rings. The van der Waals surface area contributed by atoms with E-state index in [-0.39, 0.29) is 45.0 Å². The maximum atomic E-state index is 9.68. The van der Waals surface area contributed by atoms with E-state index in [0.717, 1.165) is 0 Å². The Hall–Kier alpha value is 0.716. The van der Waals surface area contributed by atoms with Crippen LogP contribution in [0.25, 0.3) is 0 Å². The second-order valence-electron chi connectivity index (χ2n) is 1.14. The molecule has 0 rings (SSSR count). The molecule has 0 atom stereocenters. The largest absolute Gasteiger partial charge is 0.481 e. The zero-order valence-corrected chi connectivity index (χ0v) is 6.65. The van der Waals surface area contributed by atoms with Gasteiger partial charge in [0.1, 0.15) is 0 Å². The van der Waals surface area contributed by atoms with Gasteiger partial charge < -0.3 is 9.84 Å². The van der Waals surface area contributed by atoms with Crippen molar-refractivity contribution in [2.45, 2.75) is 6.42 Å². The predicted octanol–water partition coefficient (Wildman–Crippen LogP) is 0.108. The van der Waals surface area contributed by atoms with Crippen LogP contribution in [0.2, 0.25) is 0 Å². The monoisotopic (exact) mass is 263 g/mol. The molecule has 4 heteroatoms. The standard InChI is InChI=1S/C4H8O3.Tb/c1-7-3-2-4(5)6;/h2-3H2,1H3,(H,5,6);. The number of aliphatic carboxylic acids is 1. The molecular weight excluding hydrogens is 255 g/mol. The Balaban J connectivity index is 0. The van der Waals surface area contributed by atoms with Crippen molar-refractivity contribution >= 4 is 5.97 Å². The molecule has 0 aromatic heterocycles. The smallest absolute Gasteiger partial charge is 0.305 e. The van der Waals surface area contributed by atoms with Crippen LogP contribution in [-0.2, 0) is 9.53 Å². The fourth-order valence-electron chi connectivity index (χ4n) is 0.189. The van der Waals surface area contributed by atoms with Crippen molar-refractivity contribution in [2.24, 2.45) is 0 Å². The first kappa shape index (κ1) is 11.5. The molecular formula is C4H8O3Tb. The molecule has 0 fully saturated rings. The van der Waals surface area contributed by atoms with Gasteiger partial charge >= 0.3 is 5.97 Å². The molecule has 0 spiro atoms. The molecule has 0 aromatic carbocycles. The van der Waals surface area contributed by atoms with E-state index in [1.165, 1.54) is 7.11 Å². The number of carboxylic acid groups (broad SMARTS) is 1. The van der Waals surface area contributed by atoms with Gasteiger partial charge in [-0.25, -0.2) is 0 Å². The van der Waals surface area contributed by atoms with E-state index in [1.807, 2.05) is 0 Å². The number of rotatable bonds is 3. The van der Waals surface area contributed by atoms with Gasteiger partial charge in [0.25, 0.3) is 0 Å². The van der Waals surface area contributed by atoms with E-state index in [9.17, 15) is 4.79 Å². The Labute approximate surface area is 78.8 Å². The van der Waals surface area contributed by atoms with Crippen molar-refractivity contribution < 1.29 is 53.2 Å². The average Bonchev–Trinajstić information content (AvgIpc) is 1.61. The van der Waals surface area contributed by atoms with Crippen LogP contribution in [-0.4, -0.2) is 24.8 Å². The summed E-state index contributed by atoms with van der Waals surface area (Å²) >= 11 is 0. The minimum Gasteiger partial charge on any atom is -0.481 e. The Morgan fingerprint density at radius 3 is 2.38 bits per heavy atom. The second-order valence-corrected chi connectivity index (χ2v) is 1.14. The van der Waals surface area contributed by atoms with Crippen LogP contribution in [0.4, 0.5) is 0 Å². The van der Waals surface area contributed by atoms with Crippen molar-refractivity contribution in [2.75, 3.05) is 13.7 Å². The Kier molecular flexibility index (Phi) is 11.1. The molecule has 0 saturated heterocycles. The summed E-state index contributed by atoms with van der Waals surface area (Å²) in [6.45, 7) is 0.301. The summed E-state index contributed by atoms with van der Waals surface area (Å²) in [5.74, 6) is -0.818. The minimum atomic E-state index is -0.818. The van der Waals surface area contributed by atoms with Crippen molar-refractivity contribution in [3.63, 3.8) is 0 Å². The number of carboxylic acids is 1. The van der Waals surface area contributed by atoms with Gasteiger partial charge in [0.15, 0.2) is 0 Å². The van der Waals surface area contributed by atoms with Crippen LogP contribution in [0.1, 0.15) is 6.42 Å². The first-order valence-electron chi connectivity index (χ1n) is 1.98. The van der Waals surface area contributed by atoms with Crippen molar-refractivity contribution in [1.29, 1.82) is 0 Å². The van der Waals surface area contributed by atoms with Gasteiger partial charge in [-0.15, -0.1) is 0 Å². The van der Waals surface area contributed by atoms with E-state index in [2.05, 4.69) is 4.74 Å². The van der Waals surface area contributed by atoms with Gasteiger partial charge in [0, 0.05) is 45.7 Å². The predicted molar refractivity (Wildman–Crippen MR) is 24.1 cm³/mol. The van der Waals surface area contributed by atoms with Gasteiger partial charge in [0.05, 0.1) is 13.0 Å². The number of methoxy groups -OCH3 is 1. The third kappa shape index (κ3) is 9.87. The Morgan fingerprint density at radius 1 is 1.75 bits per heavy atom. The summed E-state index contributed by atoms with van der Waals surface area (Å²) in [7, 11) is 1.48. The van der Waals surface area contributed by atoms with Gasteiger partial charge in [-0.1, -0.05) is 0 Å². The molecule has 0 bridgehead atoms. The molecule has 0 aliphatic heterocycles. The minimum absolute atomic E-state index is 0. The molecule has 3 nitrogen and oxygen atoms in total. The SMILES string of the molecule is COCCC(=O)O.[Tb]. The van der Waals surface area contributed by atoms with Crippen LogP contribution in [0.5, 0.6) is 0 Å². The molecule has 1 radical (unpaired) electrons. The summed E-state index contributed by atoms with van der Waals surface area (Å²) in [6.07, 6.45) is 0.0938. The van der Waals surface area contributed by atoms with Crippen LogP contribution < -0.4 is 0 Å². The Bertz CT molecular complexity index is 64.3. The molecule has 8 heavy (non-hydrogen) atoms. The quantitative estimate of drug-likeness (QED) is 0.786. The van der Waals surface area contributed by atoms with E-state index >= 15 is 0 Å². The Morgan fingerprint density at radius 2 is 2.25 bits per heavy atom. The fourth-order valence-corrected chi connectivity index (χ4v) is 0.189. The van der Waals surface area contributed by atoms with Crippen LogP contribution in [0.3, 0.4) is 0 Å². The number of ether oxygens (including phenoxy) is 1. The zero-order valence-electron chi connectivity index (χ0n) is 4.51. The number of hydrogen-bond acceptors (Lipinski definition) is 2. The van der Waals surface area contributed by atoms with E-state index in [0.29, 0.717) is 6.61 Å². The molecule has 0 heterocycles. The summed E-state index contributed by atoms with van der Waals surface area (Å²) in [4.78, 5) is 9.68. The molecule has 51 valence electrons. The summed E-state index contributed by atoms with van der Waals surface area (Å²) in [5.41, 5.74) is 0. The number of hydrogen-bond donors (Lipinski definition) is 1. The molecule has 0 saturated carbocycles. The van der Waals surface area contributed by atoms with Crippen molar-refractivity contribution in [3.8, 4) is 0 Å². The average molecular weight is 263 g/mol. The second kappa shape index (κ2) is 7.72. The first-order valence-corrected chi connectivity index (χ1v) is 1.98. The summed E-state index contributed by atoms with van der Waals surface area (Å²) < 4.78 is 4.47. The summed E-state index contributed by atoms with van der Waals surface area (Å²) in [6, 6.07) is 0. The molecule has 0 aliphatic rings. The van der Waals surface area contributed by atoms with E-state index in [1.54, 1.807) is 0 Å². The third-order valence-electron chi connectivity index (χ3n) is 0.520. The maximum Gasteiger partial charge on any atom is 0.305 e. The fraction of sp³-hybridized carbons (Fsp3) is 0.750. The molecule has 0 amide bonds. The van der Waals surface area contributed by atoms with E-state index in [4.69, 9.17) is 5.11 Å². The summed E-state index contributed by atoms with van der Waals surface area (Å²) in [5, 5.41) is 7.96. The van der Waals surface area contributed by atoms with Crippen molar-refractivity contribution in [3.05, 3.63) is 0 Å². The molecule has 0 unspecified atom stereocenters. The van der Waals surface area contributed by atoms with E-state index < -0.39 is 5.97 Å². The van der Waals surface area contributed by atoms with Crippen molar-refractivity contribution in [1.82, 2.24) is 0 Å². The molecule has 0 aliphatic carbocycles. The normalized spacial score (nSPS) is 7.62. The topological polar surface area (TPSA) is 46.5 Å². The van der Waals surface area contributed by atoms with Gasteiger partial charge in [-0.2, -0.15) is 0 Å². The van der Waals surface area contributed by atoms with Crippen LogP contribution in [0.15, 0.2) is 0 Å². The number of carbonyl (C=O) groups is 1. The third-order valence-corrected chi connectivity index (χ3v) is 0.520. The maximum absolute atomic E-state index is 9.68. The van der Waals surface area contributed by atoms with Crippen LogP contribution >= 0.6 is 0 Å². The van der Waals surface area contributed by atoms with Gasteiger partial charge in [0.2, 0.25) is 0 Å². The zero-order chi connectivity index (χ0) is 5.70. The first-order chi connectivity index (χ1) is 3.27. The van der Waals surface area contributed by atoms with Gasteiger partial charge in [-0.05, 0) is 0 Å². The molecule has 1 N–H and O–H groups in total. The van der Waals surface area contributed by atoms with Crippen LogP contribution in [0, 0.1) is 38.6 Å².